The van der Waals surface area contributed by atoms with Crippen LogP contribution in [0.1, 0.15) is 67.7 Å². The lowest BCUT2D eigenvalue weighted by molar-refractivity contribution is -0.140. The molecule has 25 heavy (non-hydrogen) atoms. The molecular weight excluding hydrogens is 326 g/mol. The summed E-state index contributed by atoms with van der Waals surface area (Å²) in [7, 11) is 0. The van der Waals surface area contributed by atoms with Crippen LogP contribution in [0.4, 0.5) is 4.79 Å². The average molecular weight is 361 g/mol. The van der Waals surface area contributed by atoms with E-state index in [1.807, 2.05) is 48.5 Å². The summed E-state index contributed by atoms with van der Waals surface area (Å²) in [4.78, 5) is 22.1. The van der Waals surface area contributed by atoms with E-state index in [0.29, 0.717) is 26.0 Å². The van der Waals surface area contributed by atoms with Gasteiger partial charge in [-0.15, -0.1) is 0 Å². The average Bonchev–Trinajstić information content (AvgIpc) is 2.34. The Morgan fingerprint density at radius 2 is 1.40 bits per heavy atom. The summed E-state index contributed by atoms with van der Waals surface area (Å²) in [6, 6.07) is 0. The molecule has 0 aliphatic heterocycles. The van der Waals surface area contributed by atoms with E-state index in [4.69, 9.17) is 19.3 Å². The van der Waals surface area contributed by atoms with Gasteiger partial charge in [0.1, 0.15) is 5.60 Å². The highest BCUT2D eigenvalue weighted by Gasteiger charge is 2.23. The van der Waals surface area contributed by atoms with Gasteiger partial charge in [-0.05, 0) is 61.3 Å². The number of hydrogen-bond acceptors (Lipinski definition) is 5. The first-order valence-corrected chi connectivity index (χ1v) is 8.69. The second-order valence-corrected chi connectivity index (χ2v) is 8.29. The second kappa shape index (κ2) is 9.97. The van der Waals surface area contributed by atoms with Gasteiger partial charge < -0.3 is 24.6 Å². The van der Waals surface area contributed by atoms with Crippen molar-refractivity contribution in [1.82, 2.24) is 5.32 Å². The van der Waals surface area contributed by atoms with Gasteiger partial charge in [-0.3, -0.25) is 4.79 Å². The van der Waals surface area contributed by atoms with E-state index in [9.17, 15) is 9.59 Å². The summed E-state index contributed by atoms with van der Waals surface area (Å²) in [6.07, 6.45) is 0.852. The number of nitrogens with one attached hydrogen (secondary N) is 1. The molecule has 0 saturated heterocycles. The molecular formula is C18H35NO6. The fourth-order valence-corrected chi connectivity index (χ4v) is 1.91. The molecule has 2 N–H and O–H groups in total. The van der Waals surface area contributed by atoms with Crippen molar-refractivity contribution >= 4 is 12.1 Å². The Morgan fingerprint density at radius 1 is 0.880 bits per heavy atom. The van der Waals surface area contributed by atoms with E-state index in [1.54, 1.807) is 0 Å². The minimum absolute atomic E-state index is 0.00782. The summed E-state index contributed by atoms with van der Waals surface area (Å²) in [5.74, 6) is -0.870. The Morgan fingerprint density at radius 3 is 1.92 bits per heavy atom. The van der Waals surface area contributed by atoms with E-state index < -0.39 is 28.9 Å². The summed E-state index contributed by atoms with van der Waals surface area (Å²) in [5, 5.41) is 11.4. The van der Waals surface area contributed by atoms with Crippen LogP contribution in [0.15, 0.2) is 0 Å². The fourth-order valence-electron chi connectivity index (χ4n) is 1.91. The molecule has 0 aromatic carbocycles. The van der Waals surface area contributed by atoms with Crippen molar-refractivity contribution in [2.24, 2.45) is 0 Å². The molecule has 0 aromatic rings. The highest BCUT2D eigenvalue weighted by Crippen LogP contribution is 2.19. The first kappa shape index (κ1) is 23.7. The SMILES string of the molecule is CC(C)(C)OC(=O)NCCC(C)(C)OCCC(C)(C)OCCC(=O)O. The summed E-state index contributed by atoms with van der Waals surface area (Å²) < 4.78 is 16.7. The van der Waals surface area contributed by atoms with Crippen LogP contribution < -0.4 is 5.32 Å². The zero-order chi connectivity index (χ0) is 19.7. The van der Waals surface area contributed by atoms with Crippen molar-refractivity contribution in [2.75, 3.05) is 19.8 Å². The third-order valence-corrected chi connectivity index (χ3v) is 3.40. The third-order valence-electron chi connectivity index (χ3n) is 3.40. The number of carbonyl (C=O) groups is 2. The standard InChI is InChI=1S/C18H35NO6/c1-16(2,3)25-15(22)19-11-9-17(4,5)24-13-10-18(6,7)23-12-8-14(20)21/h8-13H2,1-7H3,(H,19,22)(H,20,21). The Balaban J connectivity index is 4.03. The quantitative estimate of drug-likeness (QED) is 0.586. The minimum Gasteiger partial charge on any atom is -0.481 e. The van der Waals surface area contributed by atoms with Crippen LogP contribution in [-0.2, 0) is 19.0 Å². The lowest BCUT2D eigenvalue weighted by Gasteiger charge is -2.30. The zero-order valence-corrected chi connectivity index (χ0v) is 16.7. The highest BCUT2D eigenvalue weighted by atomic mass is 16.6. The van der Waals surface area contributed by atoms with Gasteiger partial charge in [0.05, 0.1) is 30.8 Å². The number of carboxylic acid groups (broad SMARTS) is 1. The number of hydrogen-bond donors (Lipinski definition) is 2. The van der Waals surface area contributed by atoms with Crippen LogP contribution in [0.5, 0.6) is 0 Å². The third kappa shape index (κ3) is 14.7. The molecule has 0 fully saturated rings. The fraction of sp³-hybridized carbons (Fsp3) is 0.889. The van der Waals surface area contributed by atoms with Gasteiger partial charge in [-0.25, -0.2) is 4.79 Å². The van der Waals surface area contributed by atoms with Crippen molar-refractivity contribution in [1.29, 1.82) is 0 Å². The topological polar surface area (TPSA) is 94.1 Å². The Kier molecular flexibility index (Phi) is 9.43. The van der Waals surface area contributed by atoms with Crippen LogP contribution in [0.3, 0.4) is 0 Å². The van der Waals surface area contributed by atoms with Crippen molar-refractivity contribution in [2.45, 2.75) is 84.5 Å². The van der Waals surface area contributed by atoms with Crippen molar-refractivity contribution < 1.29 is 28.9 Å². The molecule has 0 unspecified atom stereocenters. The van der Waals surface area contributed by atoms with E-state index in [1.165, 1.54) is 0 Å². The molecule has 0 aliphatic carbocycles. The van der Waals surface area contributed by atoms with Gasteiger partial charge in [-0.1, -0.05) is 0 Å². The van der Waals surface area contributed by atoms with E-state index in [0.717, 1.165) is 0 Å². The lowest BCUT2D eigenvalue weighted by atomic mass is 10.0. The van der Waals surface area contributed by atoms with Gasteiger partial charge in [0.15, 0.2) is 0 Å². The molecule has 0 aromatic heterocycles. The predicted molar refractivity (Wildman–Crippen MR) is 95.8 cm³/mol. The minimum atomic E-state index is -0.870. The number of rotatable bonds is 11. The molecule has 0 atom stereocenters. The molecule has 0 heterocycles. The molecule has 0 radical (unpaired) electrons. The molecule has 0 spiro atoms. The predicted octanol–water partition coefficient (Wildman–Crippen LogP) is 3.36. The van der Waals surface area contributed by atoms with Crippen LogP contribution in [-0.4, -0.2) is 53.7 Å². The van der Waals surface area contributed by atoms with Crippen molar-refractivity contribution in [3.63, 3.8) is 0 Å². The largest absolute Gasteiger partial charge is 0.481 e. The second-order valence-electron chi connectivity index (χ2n) is 8.29. The summed E-state index contributed by atoms with van der Waals surface area (Å²) >= 11 is 0. The molecule has 0 aliphatic rings. The number of carboxylic acids is 1. The van der Waals surface area contributed by atoms with Crippen LogP contribution in [0.25, 0.3) is 0 Å². The highest BCUT2D eigenvalue weighted by molar-refractivity contribution is 5.67. The first-order chi connectivity index (χ1) is 11.2. The monoisotopic (exact) mass is 361 g/mol. The van der Waals surface area contributed by atoms with Gasteiger partial charge in [0, 0.05) is 6.54 Å². The van der Waals surface area contributed by atoms with Crippen LogP contribution >= 0.6 is 0 Å². The Labute approximate surface area is 151 Å². The van der Waals surface area contributed by atoms with Gasteiger partial charge in [0.25, 0.3) is 0 Å². The number of aliphatic carboxylic acids is 1. The summed E-state index contributed by atoms with van der Waals surface area (Å²) in [6.45, 7) is 14.3. The Bertz CT molecular complexity index is 426. The van der Waals surface area contributed by atoms with Crippen molar-refractivity contribution in [3.05, 3.63) is 0 Å². The molecule has 0 rings (SSSR count). The van der Waals surface area contributed by atoms with Crippen LogP contribution in [0.2, 0.25) is 0 Å². The molecule has 7 heteroatoms. The number of carbonyl (C=O) groups excluding carboxylic acids is 1. The van der Waals surface area contributed by atoms with Gasteiger partial charge in [-0.2, -0.15) is 0 Å². The number of ether oxygens (including phenoxy) is 3. The maximum absolute atomic E-state index is 11.6. The first-order valence-electron chi connectivity index (χ1n) is 8.69. The maximum atomic E-state index is 11.6. The normalized spacial score (nSPS) is 12.8. The zero-order valence-electron chi connectivity index (χ0n) is 16.7. The summed E-state index contributed by atoms with van der Waals surface area (Å²) in [5.41, 5.74) is -1.35. The van der Waals surface area contributed by atoms with Gasteiger partial charge in [0.2, 0.25) is 0 Å². The molecule has 148 valence electrons. The molecule has 0 bridgehead atoms. The Hall–Kier alpha value is -1.34. The van der Waals surface area contributed by atoms with E-state index >= 15 is 0 Å². The maximum Gasteiger partial charge on any atom is 0.407 e. The van der Waals surface area contributed by atoms with E-state index in [2.05, 4.69) is 5.32 Å². The van der Waals surface area contributed by atoms with E-state index in [-0.39, 0.29) is 13.0 Å². The number of alkyl carbamates (subject to hydrolysis) is 1. The molecule has 7 nitrogen and oxygen atoms in total. The van der Waals surface area contributed by atoms with Crippen molar-refractivity contribution in [3.8, 4) is 0 Å². The van der Waals surface area contributed by atoms with Gasteiger partial charge >= 0.3 is 12.1 Å². The lowest BCUT2D eigenvalue weighted by Crippen LogP contribution is -2.37. The number of amides is 1. The molecule has 0 saturated carbocycles. The van der Waals surface area contributed by atoms with Crippen LogP contribution in [0, 0.1) is 0 Å². The molecule has 1 amide bonds. The smallest absolute Gasteiger partial charge is 0.407 e.